The number of benzene rings is 2. The lowest BCUT2D eigenvalue weighted by molar-refractivity contribution is 0.0829. The molecule has 22 heavy (non-hydrogen) atoms. The van der Waals surface area contributed by atoms with Gasteiger partial charge in [-0.3, -0.25) is 0 Å². The van der Waals surface area contributed by atoms with Crippen molar-refractivity contribution in [3.8, 4) is 0 Å². The topological polar surface area (TPSA) is 34.7 Å². The number of furan rings is 1. The van der Waals surface area contributed by atoms with Crippen LogP contribution in [-0.4, -0.2) is 5.71 Å². The summed E-state index contributed by atoms with van der Waals surface area (Å²) in [4.78, 5) is 5.29. The standard InChI is InChI=1S/C17H11F2NO2/c18-11-5-6-12(13(19)8-11)16-9-14(20-22-16)17-7-10-3-1-2-4-15(10)21-17/h1-8,16H,9H2. The van der Waals surface area contributed by atoms with Crippen LogP contribution in [0, 0.1) is 11.6 Å². The van der Waals surface area contributed by atoms with E-state index in [1.54, 1.807) is 0 Å². The molecule has 1 aliphatic heterocycles. The molecule has 3 aromatic rings. The Kier molecular flexibility index (Phi) is 2.92. The third kappa shape index (κ3) is 2.15. The molecule has 1 aromatic heterocycles. The number of hydrogen-bond donors (Lipinski definition) is 0. The number of para-hydroxylation sites is 1. The lowest BCUT2D eigenvalue weighted by Gasteiger charge is -2.09. The Morgan fingerprint density at radius 1 is 1.05 bits per heavy atom. The summed E-state index contributed by atoms with van der Waals surface area (Å²) in [7, 11) is 0. The quantitative estimate of drug-likeness (QED) is 0.694. The predicted molar refractivity (Wildman–Crippen MR) is 77.6 cm³/mol. The molecule has 2 aromatic carbocycles. The highest BCUT2D eigenvalue weighted by atomic mass is 19.1. The third-order valence-corrected chi connectivity index (χ3v) is 3.69. The summed E-state index contributed by atoms with van der Waals surface area (Å²) in [5, 5.41) is 4.95. The summed E-state index contributed by atoms with van der Waals surface area (Å²) in [6.45, 7) is 0. The van der Waals surface area contributed by atoms with E-state index in [0.717, 1.165) is 17.0 Å². The summed E-state index contributed by atoms with van der Waals surface area (Å²) in [6.07, 6.45) is -0.189. The van der Waals surface area contributed by atoms with Gasteiger partial charge in [0.15, 0.2) is 11.9 Å². The van der Waals surface area contributed by atoms with E-state index in [1.807, 2.05) is 30.3 Å². The highest BCUT2D eigenvalue weighted by molar-refractivity contribution is 6.02. The van der Waals surface area contributed by atoms with Crippen molar-refractivity contribution in [1.82, 2.24) is 0 Å². The Balaban J connectivity index is 1.61. The van der Waals surface area contributed by atoms with E-state index in [-0.39, 0.29) is 5.56 Å². The number of fused-ring (bicyclic) bond motifs is 1. The minimum atomic E-state index is -0.633. The lowest BCUT2D eigenvalue weighted by Crippen LogP contribution is -2.03. The Bertz CT molecular complexity index is 852. The number of hydrogen-bond acceptors (Lipinski definition) is 3. The van der Waals surface area contributed by atoms with Crippen molar-refractivity contribution in [2.75, 3.05) is 0 Å². The van der Waals surface area contributed by atoms with Gasteiger partial charge in [0.05, 0.1) is 0 Å². The molecule has 0 spiro atoms. The zero-order valence-corrected chi connectivity index (χ0v) is 11.4. The zero-order chi connectivity index (χ0) is 15.1. The van der Waals surface area contributed by atoms with Crippen LogP contribution in [0.25, 0.3) is 11.0 Å². The van der Waals surface area contributed by atoms with E-state index in [0.29, 0.717) is 17.9 Å². The number of rotatable bonds is 2. The first-order chi connectivity index (χ1) is 10.7. The number of halogens is 2. The van der Waals surface area contributed by atoms with Gasteiger partial charge in [0.1, 0.15) is 22.9 Å². The van der Waals surface area contributed by atoms with Gasteiger partial charge in [0.2, 0.25) is 0 Å². The first-order valence-corrected chi connectivity index (χ1v) is 6.87. The maximum absolute atomic E-state index is 13.8. The SMILES string of the molecule is Fc1ccc(C2CC(c3cc4ccccc4o3)=NO2)c(F)c1. The highest BCUT2D eigenvalue weighted by Gasteiger charge is 2.28. The van der Waals surface area contributed by atoms with Gasteiger partial charge in [0.25, 0.3) is 0 Å². The average molecular weight is 299 g/mol. The van der Waals surface area contributed by atoms with Crippen molar-refractivity contribution in [3.05, 3.63) is 71.5 Å². The van der Waals surface area contributed by atoms with Gasteiger partial charge in [-0.1, -0.05) is 23.4 Å². The molecule has 2 heterocycles. The minimum Gasteiger partial charge on any atom is -0.455 e. The molecule has 1 atom stereocenters. The summed E-state index contributed by atoms with van der Waals surface area (Å²) < 4.78 is 32.5. The van der Waals surface area contributed by atoms with Crippen LogP contribution in [0.2, 0.25) is 0 Å². The van der Waals surface area contributed by atoms with Crippen LogP contribution in [0.15, 0.2) is 58.1 Å². The number of nitrogens with zero attached hydrogens (tertiary/aromatic N) is 1. The lowest BCUT2D eigenvalue weighted by atomic mass is 10.0. The van der Waals surface area contributed by atoms with Gasteiger partial charge in [-0.15, -0.1) is 0 Å². The molecule has 0 aliphatic carbocycles. The molecule has 0 saturated heterocycles. The second-order valence-electron chi connectivity index (χ2n) is 5.15. The molecule has 0 fully saturated rings. The van der Waals surface area contributed by atoms with Crippen LogP contribution >= 0.6 is 0 Å². The van der Waals surface area contributed by atoms with Gasteiger partial charge < -0.3 is 9.25 Å². The molecule has 0 radical (unpaired) electrons. The van der Waals surface area contributed by atoms with E-state index in [2.05, 4.69) is 5.16 Å². The minimum absolute atomic E-state index is 0.288. The molecule has 0 N–H and O–H groups in total. The van der Waals surface area contributed by atoms with Crippen molar-refractivity contribution in [1.29, 1.82) is 0 Å². The largest absolute Gasteiger partial charge is 0.455 e. The molecule has 5 heteroatoms. The van der Waals surface area contributed by atoms with E-state index in [9.17, 15) is 8.78 Å². The predicted octanol–water partition coefficient (Wildman–Crippen LogP) is 4.58. The second-order valence-corrected chi connectivity index (χ2v) is 5.15. The molecule has 0 amide bonds. The maximum atomic E-state index is 13.8. The molecule has 3 nitrogen and oxygen atoms in total. The molecular weight excluding hydrogens is 288 g/mol. The monoisotopic (exact) mass is 299 g/mol. The molecule has 1 aliphatic rings. The summed E-state index contributed by atoms with van der Waals surface area (Å²) in [5.41, 5.74) is 1.66. The van der Waals surface area contributed by atoms with Crippen molar-refractivity contribution in [2.45, 2.75) is 12.5 Å². The number of oxime groups is 1. The normalized spacial score (nSPS) is 17.5. The summed E-state index contributed by atoms with van der Waals surface area (Å²) in [6, 6.07) is 12.9. The summed E-state index contributed by atoms with van der Waals surface area (Å²) in [5.74, 6) is -0.644. The van der Waals surface area contributed by atoms with Gasteiger partial charge >= 0.3 is 0 Å². The van der Waals surface area contributed by atoms with Crippen LogP contribution in [0.1, 0.15) is 23.8 Å². The maximum Gasteiger partial charge on any atom is 0.161 e. The second kappa shape index (κ2) is 4.94. The van der Waals surface area contributed by atoms with Gasteiger partial charge in [-0.25, -0.2) is 8.78 Å². The van der Waals surface area contributed by atoms with E-state index >= 15 is 0 Å². The molecule has 110 valence electrons. The third-order valence-electron chi connectivity index (χ3n) is 3.69. The highest BCUT2D eigenvalue weighted by Crippen LogP contribution is 2.32. The zero-order valence-electron chi connectivity index (χ0n) is 11.4. The fraction of sp³-hybridized carbons (Fsp3) is 0.118. The van der Waals surface area contributed by atoms with Crippen molar-refractivity contribution in [3.63, 3.8) is 0 Å². The smallest absolute Gasteiger partial charge is 0.161 e. The van der Waals surface area contributed by atoms with E-state index < -0.39 is 17.7 Å². The first kappa shape index (κ1) is 13.0. The molecule has 0 saturated carbocycles. The fourth-order valence-electron chi connectivity index (χ4n) is 2.58. The van der Waals surface area contributed by atoms with Crippen LogP contribution < -0.4 is 0 Å². The van der Waals surface area contributed by atoms with Crippen LogP contribution in [0.5, 0.6) is 0 Å². The van der Waals surface area contributed by atoms with Crippen molar-refractivity contribution < 1.29 is 18.0 Å². The van der Waals surface area contributed by atoms with E-state index in [4.69, 9.17) is 9.25 Å². The molecule has 0 bridgehead atoms. The Hall–Kier alpha value is -2.69. The molecule has 4 rings (SSSR count). The van der Waals surface area contributed by atoms with Crippen molar-refractivity contribution in [2.24, 2.45) is 5.16 Å². The Labute approximate surface area is 124 Å². The molecular formula is C17H11F2NO2. The summed E-state index contributed by atoms with van der Waals surface area (Å²) >= 11 is 0. The van der Waals surface area contributed by atoms with Gasteiger partial charge in [-0.05, 0) is 24.3 Å². The van der Waals surface area contributed by atoms with Crippen LogP contribution in [0.3, 0.4) is 0 Å². The van der Waals surface area contributed by atoms with Crippen LogP contribution in [0.4, 0.5) is 8.78 Å². The van der Waals surface area contributed by atoms with E-state index in [1.165, 1.54) is 12.1 Å². The Morgan fingerprint density at radius 3 is 2.73 bits per heavy atom. The van der Waals surface area contributed by atoms with Gasteiger partial charge in [0, 0.05) is 23.4 Å². The van der Waals surface area contributed by atoms with Gasteiger partial charge in [-0.2, -0.15) is 0 Å². The van der Waals surface area contributed by atoms with Crippen molar-refractivity contribution >= 4 is 16.7 Å². The fourth-order valence-corrected chi connectivity index (χ4v) is 2.58. The van der Waals surface area contributed by atoms with Crippen LogP contribution in [-0.2, 0) is 4.84 Å². The first-order valence-electron chi connectivity index (χ1n) is 6.87. The Morgan fingerprint density at radius 2 is 1.91 bits per heavy atom. The average Bonchev–Trinajstić information content (AvgIpc) is 3.13. The molecule has 1 unspecified atom stereocenters.